The van der Waals surface area contributed by atoms with Gasteiger partial charge in [0.15, 0.2) is 9.84 Å². The van der Waals surface area contributed by atoms with Crippen LogP contribution < -0.4 is 10.1 Å². The van der Waals surface area contributed by atoms with Crippen molar-refractivity contribution in [1.82, 2.24) is 10.3 Å². The molecule has 0 saturated heterocycles. The average molecular weight is 423 g/mol. The Balaban J connectivity index is 1.71. The molecule has 0 aliphatic rings. The zero-order chi connectivity index (χ0) is 19.3. The Kier molecular flexibility index (Phi) is 6.25. The number of carbonyl (C=O) groups excluding carboxylic acids is 1. The predicted molar refractivity (Wildman–Crippen MR) is 106 cm³/mol. The molecular weight excluding hydrogens is 404 g/mol. The van der Waals surface area contributed by atoms with Crippen LogP contribution in [0.3, 0.4) is 0 Å². The van der Waals surface area contributed by atoms with Gasteiger partial charge in [0.05, 0.1) is 18.0 Å². The summed E-state index contributed by atoms with van der Waals surface area (Å²) in [7, 11) is -2.24. The summed E-state index contributed by atoms with van der Waals surface area (Å²) >= 11 is 3.00. The standard InChI is InChI=1S/C18H18N2O4S3/c1-24-14-2-4-15(5-3-14)27(22,23)12-17(21)20-16(18-19-7-9-26-18)10-13-6-8-25-11-13/h2-9,11,16H,10,12H2,1H3,(H,20,21)/t16-/m0/s1. The minimum atomic E-state index is -3.74. The molecule has 0 fully saturated rings. The minimum absolute atomic E-state index is 0.0853. The fraction of sp³-hybridized carbons (Fsp3) is 0.222. The zero-order valence-corrected chi connectivity index (χ0v) is 16.9. The summed E-state index contributed by atoms with van der Waals surface area (Å²) in [6.07, 6.45) is 2.23. The van der Waals surface area contributed by atoms with Gasteiger partial charge in [-0.2, -0.15) is 11.3 Å². The van der Waals surface area contributed by atoms with Crippen molar-refractivity contribution >= 4 is 38.4 Å². The van der Waals surface area contributed by atoms with Gasteiger partial charge in [-0.1, -0.05) is 0 Å². The molecule has 0 spiro atoms. The molecule has 0 aliphatic heterocycles. The molecule has 1 atom stereocenters. The number of benzene rings is 1. The van der Waals surface area contributed by atoms with Crippen molar-refractivity contribution in [3.8, 4) is 5.75 Å². The number of carbonyl (C=O) groups is 1. The molecule has 0 bridgehead atoms. The maximum absolute atomic E-state index is 12.5. The number of methoxy groups -OCH3 is 1. The van der Waals surface area contributed by atoms with E-state index in [1.54, 1.807) is 29.7 Å². The number of rotatable bonds is 8. The molecular formula is C18H18N2O4S3. The molecule has 6 nitrogen and oxygen atoms in total. The van der Waals surface area contributed by atoms with E-state index in [9.17, 15) is 13.2 Å². The third-order valence-electron chi connectivity index (χ3n) is 3.84. The lowest BCUT2D eigenvalue weighted by molar-refractivity contribution is -0.119. The van der Waals surface area contributed by atoms with Crippen molar-refractivity contribution in [3.63, 3.8) is 0 Å². The molecule has 142 valence electrons. The first kappa shape index (κ1) is 19.5. The molecule has 1 amide bonds. The number of ether oxygens (including phenoxy) is 1. The third kappa shape index (κ3) is 5.15. The van der Waals surface area contributed by atoms with E-state index in [0.717, 1.165) is 10.6 Å². The summed E-state index contributed by atoms with van der Waals surface area (Å²) in [4.78, 5) is 16.8. The van der Waals surface area contributed by atoms with Crippen LogP contribution in [0.25, 0.3) is 0 Å². The highest BCUT2D eigenvalue weighted by Crippen LogP contribution is 2.22. The van der Waals surface area contributed by atoms with E-state index in [2.05, 4.69) is 10.3 Å². The van der Waals surface area contributed by atoms with Gasteiger partial charge in [-0.15, -0.1) is 11.3 Å². The number of nitrogens with zero attached hydrogens (tertiary/aromatic N) is 1. The topological polar surface area (TPSA) is 85.4 Å². The van der Waals surface area contributed by atoms with Gasteiger partial charge >= 0.3 is 0 Å². The van der Waals surface area contributed by atoms with Gasteiger partial charge in [0.1, 0.15) is 16.5 Å². The predicted octanol–water partition coefficient (Wildman–Crippen LogP) is 3.09. The second-order valence-electron chi connectivity index (χ2n) is 5.76. The number of amides is 1. The highest BCUT2D eigenvalue weighted by Gasteiger charge is 2.23. The van der Waals surface area contributed by atoms with Crippen LogP contribution in [0, 0.1) is 0 Å². The van der Waals surface area contributed by atoms with E-state index in [-0.39, 0.29) is 10.9 Å². The molecule has 0 unspecified atom stereocenters. The van der Waals surface area contributed by atoms with Crippen molar-refractivity contribution in [2.45, 2.75) is 17.4 Å². The lowest BCUT2D eigenvalue weighted by atomic mass is 10.1. The van der Waals surface area contributed by atoms with Crippen LogP contribution in [0.2, 0.25) is 0 Å². The average Bonchev–Trinajstić information content (AvgIpc) is 3.34. The van der Waals surface area contributed by atoms with Crippen LogP contribution in [-0.4, -0.2) is 32.2 Å². The van der Waals surface area contributed by atoms with Crippen LogP contribution in [0.1, 0.15) is 16.6 Å². The first-order valence-corrected chi connectivity index (χ1v) is 11.5. The summed E-state index contributed by atoms with van der Waals surface area (Å²) in [6.45, 7) is 0. The number of hydrogen-bond acceptors (Lipinski definition) is 7. The van der Waals surface area contributed by atoms with Crippen LogP contribution in [0.5, 0.6) is 5.75 Å². The third-order valence-corrected chi connectivity index (χ3v) is 7.10. The Bertz CT molecular complexity index is 966. The molecule has 0 aliphatic carbocycles. The van der Waals surface area contributed by atoms with Crippen molar-refractivity contribution < 1.29 is 17.9 Å². The van der Waals surface area contributed by atoms with Gasteiger partial charge < -0.3 is 10.1 Å². The lowest BCUT2D eigenvalue weighted by Gasteiger charge is -2.16. The fourth-order valence-electron chi connectivity index (χ4n) is 2.53. The number of thiophene rings is 1. The Hall–Kier alpha value is -2.23. The van der Waals surface area contributed by atoms with Crippen molar-refractivity contribution in [2.24, 2.45) is 0 Å². The molecule has 3 rings (SSSR count). The summed E-state index contributed by atoms with van der Waals surface area (Å²) < 4.78 is 30.1. The van der Waals surface area contributed by atoms with Crippen LogP contribution in [-0.2, 0) is 21.1 Å². The molecule has 2 aromatic heterocycles. The SMILES string of the molecule is COc1ccc(S(=O)(=O)CC(=O)N[C@@H](Cc2ccsc2)c2nccs2)cc1. The van der Waals surface area contributed by atoms with Gasteiger partial charge in [0.2, 0.25) is 5.91 Å². The molecule has 0 radical (unpaired) electrons. The van der Waals surface area contributed by atoms with Crippen LogP contribution in [0.15, 0.2) is 57.6 Å². The van der Waals surface area contributed by atoms with Gasteiger partial charge in [-0.3, -0.25) is 4.79 Å². The second-order valence-corrected chi connectivity index (χ2v) is 9.46. The molecule has 1 aromatic carbocycles. The number of sulfone groups is 1. The molecule has 27 heavy (non-hydrogen) atoms. The summed E-state index contributed by atoms with van der Waals surface area (Å²) in [6, 6.07) is 7.60. The monoisotopic (exact) mass is 422 g/mol. The summed E-state index contributed by atoms with van der Waals surface area (Å²) in [5.41, 5.74) is 1.07. The lowest BCUT2D eigenvalue weighted by Crippen LogP contribution is -2.34. The van der Waals surface area contributed by atoms with Crippen molar-refractivity contribution in [3.05, 3.63) is 63.2 Å². The number of aromatic nitrogens is 1. The largest absolute Gasteiger partial charge is 0.497 e. The normalized spacial score (nSPS) is 12.5. The van der Waals surface area contributed by atoms with E-state index in [1.807, 2.05) is 22.2 Å². The highest BCUT2D eigenvalue weighted by molar-refractivity contribution is 7.92. The summed E-state index contributed by atoms with van der Waals surface area (Å²) in [5.74, 6) is -0.621. The van der Waals surface area contributed by atoms with Gasteiger partial charge in [0.25, 0.3) is 0 Å². The maximum Gasteiger partial charge on any atom is 0.236 e. The van der Waals surface area contributed by atoms with Crippen molar-refractivity contribution in [1.29, 1.82) is 0 Å². The molecule has 9 heteroatoms. The van der Waals surface area contributed by atoms with Gasteiger partial charge in [0, 0.05) is 18.0 Å². The van der Waals surface area contributed by atoms with Gasteiger partial charge in [-0.05, 0) is 46.7 Å². The molecule has 0 saturated carbocycles. The second kappa shape index (κ2) is 8.64. The Labute approximate surface area is 165 Å². The fourth-order valence-corrected chi connectivity index (χ4v) is 5.04. The van der Waals surface area contributed by atoms with E-state index in [1.165, 1.54) is 30.6 Å². The molecule has 3 aromatic rings. The van der Waals surface area contributed by atoms with E-state index in [0.29, 0.717) is 12.2 Å². The van der Waals surface area contributed by atoms with Crippen molar-refractivity contribution in [2.75, 3.05) is 12.9 Å². The first-order valence-electron chi connectivity index (χ1n) is 8.04. The Morgan fingerprint density at radius 3 is 2.59 bits per heavy atom. The maximum atomic E-state index is 12.5. The van der Waals surface area contributed by atoms with Gasteiger partial charge in [-0.25, -0.2) is 13.4 Å². The van der Waals surface area contributed by atoms with E-state index < -0.39 is 21.5 Å². The smallest absolute Gasteiger partial charge is 0.236 e. The number of hydrogen-bond donors (Lipinski definition) is 1. The number of thiazole rings is 1. The Morgan fingerprint density at radius 2 is 2.00 bits per heavy atom. The van der Waals surface area contributed by atoms with E-state index in [4.69, 9.17) is 4.74 Å². The quantitative estimate of drug-likeness (QED) is 0.603. The van der Waals surface area contributed by atoms with Crippen LogP contribution >= 0.6 is 22.7 Å². The Morgan fingerprint density at radius 1 is 1.22 bits per heavy atom. The zero-order valence-electron chi connectivity index (χ0n) is 14.5. The van der Waals surface area contributed by atoms with E-state index >= 15 is 0 Å². The highest BCUT2D eigenvalue weighted by atomic mass is 32.2. The molecule has 2 heterocycles. The molecule has 1 N–H and O–H groups in total. The minimum Gasteiger partial charge on any atom is -0.497 e. The first-order chi connectivity index (χ1) is 13.0. The van der Waals surface area contributed by atoms with Crippen LogP contribution in [0.4, 0.5) is 0 Å². The summed E-state index contributed by atoms with van der Waals surface area (Å²) in [5, 5.41) is 9.36. The number of nitrogens with one attached hydrogen (secondary N) is 1.